The molecule has 4 saturated carbocycles. The Hall–Kier alpha value is -1.80. The van der Waals surface area contributed by atoms with E-state index in [1.54, 1.807) is 0 Å². The molecule has 2 N–H and O–H groups in total. The van der Waals surface area contributed by atoms with Crippen LogP contribution < -0.4 is 10.2 Å². The molecule has 2 atom stereocenters. The van der Waals surface area contributed by atoms with Crippen LogP contribution in [-0.4, -0.2) is 52.9 Å². The van der Waals surface area contributed by atoms with E-state index in [0.29, 0.717) is 56.9 Å². The van der Waals surface area contributed by atoms with Crippen LogP contribution in [0.15, 0.2) is 6.20 Å². The number of aromatic nitrogens is 2. The molecule has 0 spiro atoms. The van der Waals surface area contributed by atoms with Crippen molar-refractivity contribution in [2.24, 2.45) is 17.3 Å². The number of nitrogens with one attached hydrogen (secondary N) is 1. The van der Waals surface area contributed by atoms with Crippen LogP contribution in [0.4, 0.5) is 16.2 Å². The molecule has 7 nitrogen and oxygen atoms in total. The Labute approximate surface area is 163 Å². The summed E-state index contributed by atoms with van der Waals surface area (Å²) in [5, 5.41) is 13.5. The SMILES string of the molecule is O=C(CC12CC3CC(CC(O)(C3)C1)C2)Nc1nc(N2CCOCC2)ncc1F. The number of anilines is 2. The van der Waals surface area contributed by atoms with Gasteiger partial charge in [0.1, 0.15) is 0 Å². The van der Waals surface area contributed by atoms with Crippen molar-refractivity contribution in [3.05, 3.63) is 12.0 Å². The minimum Gasteiger partial charge on any atom is -0.390 e. The summed E-state index contributed by atoms with van der Waals surface area (Å²) in [6.07, 6.45) is 7.02. The lowest BCUT2D eigenvalue weighted by Crippen LogP contribution is -2.56. The Kier molecular flexibility index (Phi) is 4.32. The summed E-state index contributed by atoms with van der Waals surface area (Å²) in [4.78, 5) is 23.0. The van der Waals surface area contributed by atoms with Gasteiger partial charge >= 0.3 is 0 Å². The maximum atomic E-state index is 14.2. The zero-order chi connectivity index (χ0) is 19.4. The molecule has 1 saturated heterocycles. The third kappa shape index (κ3) is 3.37. The average molecular weight is 390 g/mol. The van der Waals surface area contributed by atoms with Gasteiger partial charge in [-0.2, -0.15) is 4.98 Å². The number of hydrogen-bond donors (Lipinski definition) is 2. The van der Waals surface area contributed by atoms with E-state index < -0.39 is 11.4 Å². The normalized spacial score (nSPS) is 36.6. The number of rotatable bonds is 4. The Morgan fingerprint density at radius 1 is 1.29 bits per heavy atom. The maximum absolute atomic E-state index is 14.2. The fourth-order valence-electron chi connectivity index (χ4n) is 6.49. The lowest BCUT2D eigenvalue weighted by molar-refractivity contribution is -0.167. The molecule has 1 amide bonds. The largest absolute Gasteiger partial charge is 0.390 e. The quantitative estimate of drug-likeness (QED) is 0.819. The molecule has 5 fully saturated rings. The summed E-state index contributed by atoms with van der Waals surface area (Å²) in [6.45, 7) is 2.44. The number of nitrogens with zero attached hydrogens (tertiary/aromatic N) is 3. The maximum Gasteiger partial charge on any atom is 0.227 e. The minimum atomic E-state index is -0.630. The first-order chi connectivity index (χ1) is 13.4. The summed E-state index contributed by atoms with van der Waals surface area (Å²) in [6, 6.07) is 0. The van der Waals surface area contributed by atoms with Crippen LogP contribution in [0.2, 0.25) is 0 Å². The van der Waals surface area contributed by atoms with Gasteiger partial charge in [0.05, 0.1) is 25.0 Å². The van der Waals surface area contributed by atoms with Gasteiger partial charge in [0, 0.05) is 19.5 Å². The van der Waals surface area contributed by atoms with Crippen LogP contribution >= 0.6 is 0 Å². The number of amides is 1. The predicted octanol–water partition coefficient (Wildman–Crippen LogP) is 2.11. The summed E-state index contributed by atoms with van der Waals surface area (Å²) < 4.78 is 19.6. The molecule has 5 aliphatic rings. The monoisotopic (exact) mass is 390 g/mol. The molecule has 0 aromatic carbocycles. The number of aliphatic hydroxyl groups is 1. The van der Waals surface area contributed by atoms with E-state index in [0.717, 1.165) is 31.9 Å². The second-order valence-corrected chi connectivity index (χ2v) is 9.38. The highest BCUT2D eigenvalue weighted by Crippen LogP contribution is 2.62. The van der Waals surface area contributed by atoms with Crippen molar-refractivity contribution in [1.82, 2.24) is 9.97 Å². The topological polar surface area (TPSA) is 87.6 Å². The Balaban J connectivity index is 1.29. The van der Waals surface area contributed by atoms with Crippen LogP contribution in [0.3, 0.4) is 0 Å². The predicted molar refractivity (Wildman–Crippen MR) is 100 cm³/mol. The van der Waals surface area contributed by atoms with Gasteiger partial charge in [-0.05, 0) is 55.8 Å². The number of carbonyl (C=O) groups is 1. The van der Waals surface area contributed by atoms with Gasteiger partial charge in [0.2, 0.25) is 11.9 Å². The summed E-state index contributed by atoms with van der Waals surface area (Å²) in [5.41, 5.74) is -0.756. The van der Waals surface area contributed by atoms with E-state index in [4.69, 9.17) is 4.74 Å². The zero-order valence-electron chi connectivity index (χ0n) is 16.0. The van der Waals surface area contributed by atoms with Crippen LogP contribution in [-0.2, 0) is 9.53 Å². The minimum absolute atomic E-state index is 0.0649. The summed E-state index contributed by atoms with van der Waals surface area (Å²) >= 11 is 0. The molecule has 28 heavy (non-hydrogen) atoms. The molecule has 4 bridgehead atoms. The van der Waals surface area contributed by atoms with Crippen LogP contribution in [0.25, 0.3) is 0 Å². The highest BCUT2D eigenvalue weighted by molar-refractivity contribution is 5.90. The molecular formula is C20H27FN4O3. The Morgan fingerprint density at radius 3 is 2.68 bits per heavy atom. The molecule has 2 unspecified atom stereocenters. The fraction of sp³-hybridized carbons (Fsp3) is 0.750. The van der Waals surface area contributed by atoms with E-state index in [1.165, 1.54) is 6.42 Å². The lowest BCUT2D eigenvalue weighted by Gasteiger charge is -2.60. The molecule has 1 aromatic rings. The molecule has 152 valence electrons. The first-order valence-corrected chi connectivity index (χ1v) is 10.3. The second-order valence-electron chi connectivity index (χ2n) is 9.38. The van der Waals surface area contributed by atoms with Gasteiger partial charge in [-0.1, -0.05) is 0 Å². The molecule has 8 heteroatoms. The molecule has 1 aromatic heterocycles. The van der Waals surface area contributed by atoms with Crippen LogP contribution in [0.5, 0.6) is 0 Å². The first-order valence-electron chi connectivity index (χ1n) is 10.3. The Bertz CT molecular complexity index is 769. The van der Waals surface area contributed by atoms with Crippen molar-refractivity contribution >= 4 is 17.7 Å². The highest BCUT2D eigenvalue weighted by Gasteiger charge is 2.57. The smallest absolute Gasteiger partial charge is 0.227 e. The molecule has 2 heterocycles. The van der Waals surface area contributed by atoms with E-state index >= 15 is 0 Å². The van der Waals surface area contributed by atoms with Crippen molar-refractivity contribution in [1.29, 1.82) is 0 Å². The van der Waals surface area contributed by atoms with E-state index in [1.807, 2.05) is 4.90 Å². The van der Waals surface area contributed by atoms with Gasteiger partial charge in [0.25, 0.3) is 0 Å². The van der Waals surface area contributed by atoms with Crippen molar-refractivity contribution < 1.29 is 19.0 Å². The van der Waals surface area contributed by atoms with Gasteiger partial charge in [-0.25, -0.2) is 9.37 Å². The number of ether oxygens (including phenoxy) is 1. The van der Waals surface area contributed by atoms with Gasteiger partial charge in [-0.15, -0.1) is 0 Å². The molecule has 1 aliphatic heterocycles. The third-order valence-corrected chi connectivity index (χ3v) is 6.97. The number of halogens is 1. The molecule has 4 aliphatic carbocycles. The molecule has 0 radical (unpaired) electrons. The third-order valence-electron chi connectivity index (χ3n) is 6.97. The summed E-state index contributed by atoms with van der Waals surface area (Å²) in [5.74, 6) is 0.519. The number of hydrogen-bond acceptors (Lipinski definition) is 6. The lowest BCUT2D eigenvalue weighted by atomic mass is 9.47. The van der Waals surface area contributed by atoms with Crippen LogP contribution in [0.1, 0.15) is 44.9 Å². The second kappa shape index (κ2) is 6.62. The highest BCUT2D eigenvalue weighted by atomic mass is 19.1. The average Bonchev–Trinajstić information content (AvgIpc) is 2.61. The van der Waals surface area contributed by atoms with E-state index in [2.05, 4.69) is 15.3 Å². The number of carbonyl (C=O) groups excluding carboxylic acids is 1. The first kappa shape index (κ1) is 18.2. The van der Waals surface area contributed by atoms with Gasteiger partial charge < -0.3 is 20.1 Å². The molecule has 6 rings (SSSR count). The van der Waals surface area contributed by atoms with Crippen molar-refractivity contribution in [2.45, 2.75) is 50.5 Å². The molecular weight excluding hydrogens is 363 g/mol. The van der Waals surface area contributed by atoms with Crippen molar-refractivity contribution in [3.63, 3.8) is 0 Å². The van der Waals surface area contributed by atoms with E-state index in [-0.39, 0.29) is 17.1 Å². The number of morpholine rings is 1. The van der Waals surface area contributed by atoms with Crippen molar-refractivity contribution in [3.8, 4) is 0 Å². The zero-order valence-corrected chi connectivity index (χ0v) is 16.0. The standard InChI is InChI=1S/C20H27FN4O3/c21-15-11-22-18(25-1-3-28-4-2-25)24-17(15)23-16(26)10-19-6-13-5-14(7-19)9-20(27,8-13)12-19/h11,13-14,27H,1-10,12H2,(H,22,23,24,26). The van der Waals surface area contributed by atoms with Crippen molar-refractivity contribution in [2.75, 3.05) is 36.5 Å². The van der Waals surface area contributed by atoms with Gasteiger partial charge in [0.15, 0.2) is 11.6 Å². The Morgan fingerprint density at radius 2 is 2.00 bits per heavy atom. The van der Waals surface area contributed by atoms with E-state index in [9.17, 15) is 14.3 Å². The summed E-state index contributed by atoms with van der Waals surface area (Å²) in [7, 11) is 0. The van der Waals surface area contributed by atoms with Gasteiger partial charge in [-0.3, -0.25) is 4.79 Å². The fourth-order valence-corrected chi connectivity index (χ4v) is 6.49. The van der Waals surface area contributed by atoms with Crippen LogP contribution in [0, 0.1) is 23.1 Å².